The van der Waals surface area contributed by atoms with Crippen LogP contribution in [0.15, 0.2) is 0 Å². The monoisotopic (exact) mass is 407 g/mol. The average molecular weight is 408 g/mol. The molecule has 3 rings (SSSR count). The van der Waals surface area contributed by atoms with E-state index in [4.69, 9.17) is 0 Å². The van der Waals surface area contributed by atoms with Gasteiger partial charge in [0, 0.05) is 26.2 Å². The summed E-state index contributed by atoms with van der Waals surface area (Å²) in [5, 5.41) is 7.10. The second kappa shape index (κ2) is 14.7. The molecule has 1 aliphatic carbocycles. The summed E-state index contributed by atoms with van der Waals surface area (Å²) < 4.78 is 0. The molecule has 5 nitrogen and oxygen atoms in total. The fourth-order valence-corrected chi connectivity index (χ4v) is 5.37. The third-order valence-corrected chi connectivity index (χ3v) is 7.35. The molecule has 3 aliphatic rings. The summed E-state index contributed by atoms with van der Waals surface area (Å²) in [6.07, 6.45) is 14.1. The zero-order valence-electron chi connectivity index (χ0n) is 19.2. The third-order valence-electron chi connectivity index (χ3n) is 7.35. The minimum Gasteiger partial charge on any atom is -0.317 e. The Morgan fingerprint density at radius 3 is 1.55 bits per heavy atom. The summed E-state index contributed by atoms with van der Waals surface area (Å²) in [7, 11) is 0. The summed E-state index contributed by atoms with van der Waals surface area (Å²) >= 11 is 0. The largest absolute Gasteiger partial charge is 0.317 e. The molecule has 0 unspecified atom stereocenters. The van der Waals surface area contributed by atoms with Crippen molar-refractivity contribution in [2.75, 3.05) is 85.1 Å². The molecule has 0 aromatic heterocycles. The van der Waals surface area contributed by atoms with Crippen LogP contribution >= 0.6 is 0 Å². The second-order valence-corrected chi connectivity index (χ2v) is 9.73. The van der Waals surface area contributed by atoms with E-state index in [0.29, 0.717) is 0 Å². The summed E-state index contributed by atoms with van der Waals surface area (Å²) in [5.41, 5.74) is 0. The quantitative estimate of drug-likeness (QED) is 0.614. The Kier molecular flexibility index (Phi) is 11.9. The van der Waals surface area contributed by atoms with E-state index in [1.165, 1.54) is 149 Å². The molecule has 0 aromatic rings. The molecule has 2 aliphatic heterocycles. The van der Waals surface area contributed by atoms with Gasteiger partial charge in [0.05, 0.1) is 0 Å². The lowest BCUT2D eigenvalue weighted by molar-refractivity contribution is 0.157. The first-order valence-corrected chi connectivity index (χ1v) is 13.0. The molecule has 2 saturated heterocycles. The molecule has 29 heavy (non-hydrogen) atoms. The van der Waals surface area contributed by atoms with Gasteiger partial charge in [-0.3, -0.25) is 0 Å². The Labute approximate surface area is 180 Å². The van der Waals surface area contributed by atoms with Crippen LogP contribution in [-0.4, -0.2) is 99.8 Å². The lowest BCUT2D eigenvalue weighted by Crippen LogP contribution is -2.43. The first-order chi connectivity index (χ1) is 14.4. The van der Waals surface area contributed by atoms with Crippen LogP contribution in [0.3, 0.4) is 0 Å². The van der Waals surface area contributed by atoms with E-state index in [9.17, 15) is 0 Å². The average Bonchev–Trinajstić information content (AvgIpc) is 2.70. The number of hydrogen-bond acceptors (Lipinski definition) is 5. The topological polar surface area (TPSA) is 33.8 Å². The van der Waals surface area contributed by atoms with E-state index < -0.39 is 0 Å². The van der Waals surface area contributed by atoms with Crippen LogP contribution in [-0.2, 0) is 0 Å². The lowest BCUT2D eigenvalue weighted by atomic mass is 9.87. The molecule has 0 aromatic carbocycles. The van der Waals surface area contributed by atoms with Crippen molar-refractivity contribution in [3.63, 3.8) is 0 Å². The van der Waals surface area contributed by atoms with Crippen molar-refractivity contribution >= 4 is 0 Å². The summed E-state index contributed by atoms with van der Waals surface area (Å²) in [6.45, 7) is 16.3. The van der Waals surface area contributed by atoms with E-state index >= 15 is 0 Å². The molecular weight excluding hydrogens is 358 g/mol. The van der Waals surface area contributed by atoms with Crippen molar-refractivity contribution in [2.24, 2.45) is 5.92 Å². The Bertz CT molecular complexity index is 357. The Hall–Kier alpha value is -0.200. The van der Waals surface area contributed by atoms with Gasteiger partial charge in [-0.2, -0.15) is 0 Å². The molecular formula is C24H49N5. The molecule has 170 valence electrons. The van der Waals surface area contributed by atoms with Crippen LogP contribution in [0.2, 0.25) is 0 Å². The van der Waals surface area contributed by atoms with Gasteiger partial charge in [-0.05, 0) is 96.9 Å². The number of nitrogens with zero attached hydrogens (tertiary/aromatic N) is 3. The fraction of sp³-hybridized carbons (Fsp3) is 1.00. The van der Waals surface area contributed by atoms with Crippen LogP contribution in [0.5, 0.6) is 0 Å². The van der Waals surface area contributed by atoms with E-state index in [2.05, 4.69) is 25.3 Å². The summed E-state index contributed by atoms with van der Waals surface area (Å²) in [4.78, 5) is 8.29. The van der Waals surface area contributed by atoms with Crippen LogP contribution in [0.25, 0.3) is 0 Å². The van der Waals surface area contributed by atoms with Gasteiger partial charge in [0.1, 0.15) is 0 Å². The minimum absolute atomic E-state index is 1.01. The molecule has 5 heteroatoms. The highest BCUT2D eigenvalue weighted by molar-refractivity contribution is 4.73. The van der Waals surface area contributed by atoms with Gasteiger partial charge in [0.15, 0.2) is 0 Å². The van der Waals surface area contributed by atoms with Gasteiger partial charge in [0.25, 0.3) is 0 Å². The molecule has 0 spiro atoms. The van der Waals surface area contributed by atoms with Crippen molar-refractivity contribution in [1.82, 2.24) is 25.3 Å². The Morgan fingerprint density at radius 1 is 0.586 bits per heavy atom. The number of rotatable bonds is 9. The van der Waals surface area contributed by atoms with Crippen molar-refractivity contribution in [1.29, 1.82) is 0 Å². The van der Waals surface area contributed by atoms with Gasteiger partial charge >= 0.3 is 0 Å². The Morgan fingerprint density at radius 2 is 1.07 bits per heavy atom. The first-order valence-electron chi connectivity index (χ1n) is 13.0. The van der Waals surface area contributed by atoms with Crippen LogP contribution < -0.4 is 10.6 Å². The normalized spacial score (nSPS) is 24.7. The van der Waals surface area contributed by atoms with Gasteiger partial charge in [0.2, 0.25) is 0 Å². The van der Waals surface area contributed by atoms with Gasteiger partial charge in [-0.15, -0.1) is 0 Å². The molecule has 0 atom stereocenters. The van der Waals surface area contributed by atoms with Crippen molar-refractivity contribution in [2.45, 2.75) is 64.2 Å². The molecule has 2 N–H and O–H groups in total. The number of nitrogens with one attached hydrogen (secondary N) is 2. The van der Waals surface area contributed by atoms with Crippen LogP contribution in [0.4, 0.5) is 0 Å². The molecule has 1 saturated carbocycles. The first kappa shape index (κ1) is 23.5. The predicted octanol–water partition coefficient (Wildman–Crippen LogP) is 2.63. The lowest BCUT2D eigenvalue weighted by Gasteiger charge is -2.32. The zero-order chi connectivity index (χ0) is 20.0. The maximum absolute atomic E-state index is 3.55. The highest BCUT2D eigenvalue weighted by Crippen LogP contribution is 2.26. The predicted molar refractivity (Wildman–Crippen MR) is 125 cm³/mol. The molecule has 0 bridgehead atoms. The molecule has 3 fully saturated rings. The van der Waals surface area contributed by atoms with E-state index in [-0.39, 0.29) is 0 Å². The van der Waals surface area contributed by atoms with Gasteiger partial charge in [-0.1, -0.05) is 32.1 Å². The molecule has 2 heterocycles. The van der Waals surface area contributed by atoms with Crippen molar-refractivity contribution < 1.29 is 0 Å². The van der Waals surface area contributed by atoms with Crippen molar-refractivity contribution in [3.8, 4) is 0 Å². The van der Waals surface area contributed by atoms with E-state index in [1.807, 2.05) is 0 Å². The van der Waals surface area contributed by atoms with Crippen molar-refractivity contribution in [3.05, 3.63) is 0 Å². The summed E-state index contributed by atoms with van der Waals surface area (Å²) in [6, 6.07) is 0. The van der Waals surface area contributed by atoms with Gasteiger partial charge in [-0.25, -0.2) is 0 Å². The van der Waals surface area contributed by atoms with E-state index in [0.717, 1.165) is 5.92 Å². The van der Waals surface area contributed by atoms with Crippen LogP contribution in [0.1, 0.15) is 64.2 Å². The molecule has 0 amide bonds. The number of hydrogen-bond donors (Lipinski definition) is 2. The van der Waals surface area contributed by atoms with Gasteiger partial charge < -0.3 is 25.3 Å². The highest BCUT2D eigenvalue weighted by Gasteiger charge is 2.17. The smallest absolute Gasteiger partial charge is 0.0110 e. The molecule has 0 radical (unpaired) electrons. The maximum atomic E-state index is 3.55. The SMILES string of the molecule is C1CCC(CCN(CCN2CCCNCCC2)CCN2CCCNCCC2)CC1. The third kappa shape index (κ3) is 10.1. The maximum Gasteiger partial charge on any atom is 0.0110 e. The minimum atomic E-state index is 1.01. The highest BCUT2D eigenvalue weighted by atomic mass is 15.2. The van der Waals surface area contributed by atoms with Crippen LogP contribution in [0, 0.1) is 5.92 Å². The van der Waals surface area contributed by atoms with E-state index in [1.54, 1.807) is 0 Å². The summed E-state index contributed by atoms with van der Waals surface area (Å²) in [5.74, 6) is 1.01. The zero-order valence-corrected chi connectivity index (χ0v) is 19.2. The second-order valence-electron chi connectivity index (χ2n) is 9.73. The standard InChI is InChI=1S/C24H49N5/c1-2-8-24(9-3-1)10-19-29(22-20-27-15-4-11-25-12-5-16-27)23-21-28-17-6-13-26-14-7-18-28/h24-26H,1-23H2. The fourth-order valence-electron chi connectivity index (χ4n) is 5.37. The Balaban J connectivity index is 1.43.